The molecule has 1 aliphatic heterocycles. The van der Waals surface area contributed by atoms with Crippen LogP contribution in [0.15, 0.2) is 0 Å². The maximum atomic E-state index is 11.8. The fourth-order valence-corrected chi connectivity index (χ4v) is 2.24. The lowest BCUT2D eigenvalue weighted by atomic mass is 10.0. The van der Waals surface area contributed by atoms with E-state index in [1.54, 1.807) is 4.90 Å². The van der Waals surface area contributed by atoms with E-state index in [1.165, 1.54) is 14.2 Å². The van der Waals surface area contributed by atoms with Crippen LogP contribution in [0.4, 0.5) is 4.79 Å². The van der Waals surface area contributed by atoms with E-state index in [-0.39, 0.29) is 12.5 Å². The Morgan fingerprint density at radius 1 is 1.24 bits per heavy atom. The van der Waals surface area contributed by atoms with E-state index in [0.717, 1.165) is 12.8 Å². The molecule has 21 heavy (non-hydrogen) atoms. The van der Waals surface area contributed by atoms with Crippen molar-refractivity contribution in [2.24, 2.45) is 0 Å². The second-order valence-corrected chi connectivity index (χ2v) is 4.80. The van der Waals surface area contributed by atoms with Gasteiger partial charge in [0, 0.05) is 13.7 Å². The molecule has 1 rings (SSSR count). The second kappa shape index (κ2) is 9.30. The smallest absolute Gasteiger partial charge is 0.323 e. The summed E-state index contributed by atoms with van der Waals surface area (Å²) < 4.78 is 9.53. The molecule has 8 heteroatoms. The fourth-order valence-electron chi connectivity index (χ4n) is 2.24. The number of amides is 3. The van der Waals surface area contributed by atoms with Crippen molar-refractivity contribution in [3.8, 4) is 0 Å². The molecular formula is C13H23N3O5. The van der Waals surface area contributed by atoms with Crippen LogP contribution >= 0.6 is 0 Å². The highest BCUT2D eigenvalue weighted by Crippen LogP contribution is 2.17. The molecule has 0 bridgehead atoms. The zero-order chi connectivity index (χ0) is 15.7. The van der Waals surface area contributed by atoms with Gasteiger partial charge in [0.15, 0.2) is 0 Å². The van der Waals surface area contributed by atoms with Crippen LogP contribution < -0.4 is 10.6 Å². The van der Waals surface area contributed by atoms with Gasteiger partial charge in [0.2, 0.25) is 5.91 Å². The number of rotatable bonds is 6. The molecule has 1 unspecified atom stereocenters. The number of hydrogen-bond acceptors (Lipinski definition) is 6. The van der Waals surface area contributed by atoms with Crippen molar-refractivity contribution in [3.63, 3.8) is 0 Å². The summed E-state index contributed by atoms with van der Waals surface area (Å²) >= 11 is 0. The van der Waals surface area contributed by atoms with E-state index < -0.39 is 18.0 Å². The number of esters is 1. The van der Waals surface area contributed by atoms with E-state index in [9.17, 15) is 14.4 Å². The first-order chi connectivity index (χ1) is 10.1. The molecule has 1 atom stereocenters. The monoisotopic (exact) mass is 301 g/mol. The SMILES string of the molecule is COCCNC(=O)NC(=O)CN1CCCCC1C(=O)OC. The van der Waals surface area contributed by atoms with Crippen molar-refractivity contribution < 1.29 is 23.9 Å². The maximum absolute atomic E-state index is 11.8. The van der Waals surface area contributed by atoms with Crippen LogP contribution in [0.25, 0.3) is 0 Å². The highest BCUT2D eigenvalue weighted by atomic mass is 16.5. The summed E-state index contributed by atoms with van der Waals surface area (Å²) in [7, 11) is 2.85. The van der Waals surface area contributed by atoms with Crippen LogP contribution in [0, 0.1) is 0 Å². The van der Waals surface area contributed by atoms with Gasteiger partial charge in [-0.05, 0) is 19.4 Å². The molecule has 0 spiro atoms. The van der Waals surface area contributed by atoms with Crippen LogP contribution in [-0.4, -0.2) is 69.3 Å². The molecule has 0 aromatic heterocycles. The summed E-state index contributed by atoms with van der Waals surface area (Å²) in [5, 5.41) is 4.72. The van der Waals surface area contributed by atoms with Gasteiger partial charge in [-0.2, -0.15) is 0 Å². The minimum Gasteiger partial charge on any atom is -0.468 e. The van der Waals surface area contributed by atoms with Crippen LogP contribution in [0.3, 0.4) is 0 Å². The first-order valence-corrected chi connectivity index (χ1v) is 6.97. The van der Waals surface area contributed by atoms with E-state index in [2.05, 4.69) is 10.6 Å². The Morgan fingerprint density at radius 3 is 2.67 bits per heavy atom. The number of piperidine rings is 1. The van der Waals surface area contributed by atoms with Crippen molar-refractivity contribution >= 4 is 17.9 Å². The number of nitrogens with one attached hydrogen (secondary N) is 2. The minimum absolute atomic E-state index is 0.00252. The van der Waals surface area contributed by atoms with Gasteiger partial charge in [-0.3, -0.25) is 19.8 Å². The molecule has 0 saturated carbocycles. The molecule has 1 heterocycles. The molecule has 1 fully saturated rings. The molecular weight excluding hydrogens is 278 g/mol. The van der Waals surface area contributed by atoms with Crippen molar-refractivity contribution in [3.05, 3.63) is 0 Å². The quantitative estimate of drug-likeness (QED) is 0.506. The van der Waals surface area contributed by atoms with Crippen LogP contribution in [0.2, 0.25) is 0 Å². The summed E-state index contributed by atoms with van der Waals surface area (Å²) in [4.78, 5) is 36.7. The Kier molecular flexibility index (Phi) is 7.70. The number of nitrogens with zero attached hydrogens (tertiary/aromatic N) is 1. The molecule has 8 nitrogen and oxygen atoms in total. The zero-order valence-corrected chi connectivity index (χ0v) is 12.5. The number of imide groups is 1. The summed E-state index contributed by atoms with van der Waals surface area (Å²) in [5.74, 6) is -0.784. The predicted molar refractivity (Wildman–Crippen MR) is 74.6 cm³/mol. The van der Waals surface area contributed by atoms with Gasteiger partial charge >= 0.3 is 12.0 Å². The third-order valence-electron chi connectivity index (χ3n) is 3.28. The predicted octanol–water partition coefficient (Wildman–Crippen LogP) is -0.514. The van der Waals surface area contributed by atoms with Gasteiger partial charge in [-0.15, -0.1) is 0 Å². The Hall–Kier alpha value is -1.67. The van der Waals surface area contributed by atoms with Crippen molar-refractivity contribution in [1.29, 1.82) is 0 Å². The molecule has 0 aromatic rings. The summed E-state index contributed by atoms with van der Waals surface area (Å²) in [6, 6.07) is -0.977. The van der Waals surface area contributed by atoms with E-state index >= 15 is 0 Å². The number of methoxy groups -OCH3 is 2. The Balaban J connectivity index is 2.40. The van der Waals surface area contributed by atoms with E-state index in [0.29, 0.717) is 26.1 Å². The summed E-state index contributed by atoms with van der Waals surface area (Å²) in [5.41, 5.74) is 0. The van der Waals surface area contributed by atoms with E-state index in [4.69, 9.17) is 9.47 Å². The van der Waals surface area contributed by atoms with Gasteiger partial charge in [-0.1, -0.05) is 6.42 Å². The zero-order valence-electron chi connectivity index (χ0n) is 12.5. The first-order valence-electron chi connectivity index (χ1n) is 6.97. The normalized spacial score (nSPS) is 18.9. The number of carbonyl (C=O) groups is 3. The second-order valence-electron chi connectivity index (χ2n) is 4.80. The van der Waals surface area contributed by atoms with Crippen molar-refractivity contribution in [2.45, 2.75) is 25.3 Å². The number of ether oxygens (including phenoxy) is 2. The summed E-state index contributed by atoms with van der Waals surface area (Å²) in [6.45, 7) is 1.33. The van der Waals surface area contributed by atoms with Crippen LogP contribution in [0.1, 0.15) is 19.3 Å². The Morgan fingerprint density at radius 2 is 2.00 bits per heavy atom. The highest BCUT2D eigenvalue weighted by molar-refractivity contribution is 5.95. The third kappa shape index (κ3) is 6.09. The molecule has 1 saturated heterocycles. The highest BCUT2D eigenvalue weighted by Gasteiger charge is 2.30. The number of carbonyl (C=O) groups excluding carboxylic acids is 3. The average Bonchev–Trinajstić information content (AvgIpc) is 2.47. The molecule has 120 valence electrons. The van der Waals surface area contributed by atoms with Crippen LogP contribution in [0.5, 0.6) is 0 Å². The number of hydrogen-bond donors (Lipinski definition) is 2. The van der Waals surface area contributed by atoms with Crippen molar-refractivity contribution in [1.82, 2.24) is 15.5 Å². The lowest BCUT2D eigenvalue weighted by molar-refractivity contribution is -0.148. The molecule has 0 aromatic carbocycles. The standard InChI is InChI=1S/C13H23N3O5/c1-20-8-6-14-13(19)15-11(17)9-16-7-4-3-5-10(16)12(18)21-2/h10H,3-9H2,1-2H3,(H2,14,15,17,19). The van der Waals surface area contributed by atoms with Gasteiger partial charge in [0.05, 0.1) is 20.3 Å². The number of urea groups is 1. The van der Waals surface area contributed by atoms with Gasteiger partial charge in [0.25, 0.3) is 0 Å². The van der Waals surface area contributed by atoms with Gasteiger partial charge in [0.1, 0.15) is 6.04 Å². The lowest BCUT2D eigenvalue weighted by Crippen LogP contribution is -2.51. The molecule has 0 aliphatic carbocycles. The third-order valence-corrected chi connectivity index (χ3v) is 3.28. The molecule has 1 aliphatic rings. The Bertz CT molecular complexity index is 375. The molecule has 3 amide bonds. The minimum atomic E-state index is -0.566. The average molecular weight is 301 g/mol. The van der Waals surface area contributed by atoms with Crippen molar-refractivity contribution in [2.75, 3.05) is 40.5 Å². The largest absolute Gasteiger partial charge is 0.468 e. The first kappa shape index (κ1) is 17.4. The fraction of sp³-hybridized carbons (Fsp3) is 0.769. The molecule has 2 N–H and O–H groups in total. The number of likely N-dealkylation sites (tertiary alicyclic amines) is 1. The van der Waals surface area contributed by atoms with Gasteiger partial charge in [-0.25, -0.2) is 4.79 Å². The lowest BCUT2D eigenvalue weighted by Gasteiger charge is -2.32. The van der Waals surface area contributed by atoms with Gasteiger partial charge < -0.3 is 14.8 Å². The van der Waals surface area contributed by atoms with E-state index in [1.807, 2.05) is 0 Å². The van der Waals surface area contributed by atoms with Crippen LogP contribution in [-0.2, 0) is 19.1 Å². The maximum Gasteiger partial charge on any atom is 0.323 e. The molecule has 0 radical (unpaired) electrons. The summed E-state index contributed by atoms with van der Waals surface area (Å²) in [6.07, 6.45) is 2.51. The topological polar surface area (TPSA) is 97.0 Å². The Labute approximate surface area is 124 Å².